The van der Waals surface area contributed by atoms with E-state index in [0.717, 1.165) is 29.5 Å². The third kappa shape index (κ3) is 6.03. The second kappa shape index (κ2) is 11.3. The second-order valence-electron chi connectivity index (χ2n) is 7.89. The fourth-order valence-electron chi connectivity index (χ4n) is 3.63. The molecule has 0 spiro atoms. The van der Waals surface area contributed by atoms with E-state index in [1.807, 2.05) is 6.07 Å². The average Bonchev–Trinajstić information content (AvgIpc) is 3.46. The summed E-state index contributed by atoms with van der Waals surface area (Å²) in [4.78, 5) is 28.3. The molecule has 13 heteroatoms. The molecule has 1 amide bonds. The number of rotatable bonds is 8. The number of hydrogen-bond donors (Lipinski definition) is 1. The van der Waals surface area contributed by atoms with Gasteiger partial charge in [0.15, 0.2) is 12.6 Å². The van der Waals surface area contributed by atoms with Crippen molar-refractivity contribution in [3.8, 4) is 34.2 Å². The average molecular weight is 555 g/mol. The number of thiophene rings is 1. The van der Waals surface area contributed by atoms with Crippen molar-refractivity contribution in [2.45, 2.75) is 6.18 Å². The van der Waals surface area contributed by atoms with Crippen LogP contribution in [0.1, 0.15) is 20.8 Å². The zero-order valence-electron chi connectivity index (χ0n) is 20.0. The van der Waals surface area contributed by atoms with Crippen LogP contribution in [0.4, 0.5) is 24.7 Å². The molecule has 2 heterocycles. The first-order valence-corrected chi connectivity index (χ1v) is 11.9. The molecule has 0 saturated carbocycles. The molecule has 0 bridgehead atoms. The number of carbonyl (C=O) groups is 1. The molecule has 1 N–H and O–H groups in total. The van der Waals surface area contributed by atoms with Crippen molar-refractivity contribution < 1.29 is 32.4 Å². The summed E-state index contributed by atoms with van der Waals surface area (Å²) in [6.07, 6.45) is -4.66. The molecule has 0 fully saturated rings. The zero-order chi connectivity index (χ0) is 28.2. The van der Waals surface area contributed by atoms with Gasteiger partial charge in [-0.1, -0.05) is 18.2 Å². The SMILES string of the molecule is COCOc1cc(C(F)(F)F)ccc1-c1cc(-c2cccc([N+](=O)[O-])c2)c(C#N)c(NC(=O)c2cccs2)n1. The zero-order valence-corrected chi connectivity index (χ0v) is 20.8. The van der Waals surface area contributed by atoms with Crippen molar-refractivity contribution in [2.24, 2.45) is 0 Å². The summed E-state index contributed by atoms with van der Waals surface area (Å²) in [7, 11) is 1.30. The van der Waals surface area contributed by atoms with Gasteiger partial charge >= 0.3 is 6.18 Å². The van der Waals surface area contributed by atoms with Gasteiger partial charge in [-0.25, -0.2) is 4.98 Å². The minimum atomic E-state index is -4.66. The van der Waals surface area contributed by atoms with Gasteiger partial charge < -0.3 is 14.8 Å². The standard InChI is InChI=1S/C26H17F3N4O5S/c1-37-14-38-22-11-16(26(27,28)29)7-8-18(22)21-12-19(15-4-2-5-17(10-15)33(35)36)20(13-30)24(31-21)32-25(34)23-6-3-9-39-23/h2-12H,14H2,1H3,(H,31,32,34). The minimum absolute atomic E-state index is 0.0387. The number of nitro groups is 1. The first-order chi connectivity index (χ1) is 18.6. The van der Waals surface area contributed by atoms with Crippen LogP contribution in [0.25, 0.3) is 22.4 Å². The predicted octanol–water partition coefficient (Wildman–Crippen LogP) is 6.51. The number of pyridine rings is 1. The van der Waals surface area contributed by atoms with Crippen LogP contribution in [-0.4, -0.2) is 29.7 Å². The van der Waals surface area contributed by atoms with E-state index in [0.29, 0.717) is 4.88 Å². The Morgan fingerprint density at radius 2 is 1.95 bits per heavy atom. The maximum Gasteiger partial charge on any atom is 0.416 e. The number of halogens is 3. The highest BCUT2D eigenvalue weighted by atomic mass is 32.1. The lowest BCUT2D eigenvalue weighted by atomic mass is 9.97. The number of methoxy groups -OCH3 is 1. The highest BCUT2D eigenvalue weighted by Crippen LogP contribution is 2.40. The van der Waals surface area contributed by atoms with Gasteiger partial charge in [0.1, 0.15) is 17.4 Å². The van der Waals surface area contributed by atoms with E-state index < -0.39 is 22.6 Å². The molecule has 198 valence electrons. The van der Waals surface area contributed by atoms with Crippen molar-refractivity contribution in [1.29, 1.82) is 5.26 Å². The minimum Gasteiger partial charge on any atom is -0.467 e. The van der Waals surface area contributed by atoms with Gasteiger partial charge in [-0.15, -0.1) is 11.3 Å². The molecule has 2 aromatic heterocycles. The molecule has 0 aliphatic heterocycles. The quantitative estimate of drug-likeness (QED) is 0.149. The largest absolute Gasteiger partial charge is 0.467 e. The summed E-state index contributed by atoms with van der Waals surface area (Å²) in [6.45, 7) is -0.371. The van der Waals surface area contributed by atoms with E-state index in [1.54, 1.807) is 17.5 Å². The first kappa shape index (κ1) is 27.2. The fraction of sp³-hybridized carbons (Fsp3) is 0.115. The number of ether oxygens (including phenoxy) is 2. The van der Waals surface area contributed by atoms with Crippen LogP contribution in [0.3, 0.4) is 0 Å². The Morgan fingerprint density at radius 1 is 1.15 bits per heavy atom. The molecule has 9 nitrogen and oxygen atoms in total. The van der Waals surface area contributed by atoms with Gasteiger partial charge in [0.05, 0.1) is 21.1 Å². The van der Waals surface area contributed by atoms with Crippen LogP contribution < -0.4 is 10.1 Å². The summed E-state index contributed by atoms with van der Waals surface area (Å²) >= 11 is 1.15. The topological polar surface area (TPSA) is 127 Å². The number of aromatic nitrogens is 1. The van der Waals surface area contributed by atoms with Crippen molar-refractivity contribution in [3.63, 3.8) is 0 Å². The van der Waals surface area contributed by atoms with Crippen molar-refractivity contribution >= 4 is 28.7 Å². The fourth-order valence-corrected chi connectivity index (χ4v) is 4.25. The molecule has 39 heavy (non-hydrogen) atoms. The summed E-state index contributed by atoms with van der Waals surface area (Å²) in [5.41, 5.74) is -0.781. The van der Waals surface area contributed by atoms with E-state index in [2.05, 4.69) is 10.3 Å². The van der Waals surface area contributed by atoms with E-state index >= 15 is 0 Å². The Kier molecular flexibility index (Phi) is 7.89. The molecule has 4 aromatic rings. The van der Waals surface area contributed by atoms with Gasteiger partial charge in [-0.05, 0) is 41.3 Å². The van der Waals surface area contributed by atoms with Crippen molar-refractivity contribution in [3.05, 3.63) is 92.2 Å². The number of hydrogen-bond acceptors (Lipinski definition) is 8. The van der Waals surface area contributed by atoms with E-state index in [9.17, 15) is 33.3 Å². The van der Waals surface area contributed by atoms with Gasteiger partial charge in [0, 0.05) is 30.4 Å². The molecule has 2 aromatic carbocycles. The Hall–Kier alpha value is -4.80. The van der Waals surface area contributed by atoms with E-state index in [1.165, 1.54) is 37.4 Å². The van der Waals surface area contributed by atoms with E-state index in [4.69, 9.17) is 9.47 Å². The number of non-ortho nitro benzene ring substituents is 1. The summed E-state index contributed by atoms with van der Waals surface area (Å²) < 4.78 is 50.5. The predicted molar refractivity (Wildman–Crippen MR) is 136 cm³/mol. The number of alkyl halides is 3. The molecule has 0 saturated heterocycles. The highest BCUT2D eigenvalue weighted by Gasteiger charge is 2.32. The lowest BCUT2D eigenvalue weighted by Crippen LogP contribution is -2.14. The Labute approximate surface area is 223 Å². The van der Waals surface area contributed by atoms with Gasteiger partial charge in [0.25, 0.3) is 11.6 Å². The first-order valence-electron chi connectivity index (χ1n) is 11.0. The number of amides is 1. The molecular formula is C26H17F3N4O5S. The molecule has 4 rings (SSSR count). The number of nitrogens with one attached hydrogen (secondary N) is 1. The van der Waals surface area contributed by atoms with Crippen LogP contribution in [0.5, 0.6) is 5.75 Å². The number of nitriles is 1. The number of anilines is 1. The molecule has 0 radical (unpaired) electrons. The maximum atomic E-state index is 13.4. The number of nitrogens with zero attached hydrogens (tertiary/aromatic N) is 3. The van der Waals surface area contributed by atoms with Crippen LogP contribution in [0.15, 0.2) is 66.0 Å². The summed E-state index contributed by atoms with van der Waals surface area (Å²) in [5.74, 6) is -0.976. The molecule has 0 atom stereocenters. The number of carbonyl (C=O) groups excluding carboxylic acids is 1. The molecule has 0 aliphatic rings. The third-order valence-corrected chi connectivity index (χ3v) is 6.26. The second-order valence-corrected chi connectivity index (χ2v) is 8.84. The number of benzene rings is 2. The molecule has 0 aliphatic carbocycles. The van der Waals surface area contributed by atoms with E-state index in [-0.39, 0.29) is 52.0 Å². The van der Waals surface area contributed by atoms with Gasteiger partial charge in [-0.3, -0.25) is 14.9 Å². The van der Waals surface area contributed by atoms with Crippen molar-refractivity contribution in [2.75, 3.05) is 19.2 Å². The lowest BCUT2D eigenvalue weighted by molar-refractivity contribution is -0.384. The van der Waals surface area contributed by atoms with Crippen LogP contribution >= 0.6 is 11.3 Å². The van der Waals surface area contributed by atoms with Crippen LogP contribution in [-0.2, 0) is 10.9 Å². The highest BCUT2D eigenvalue weighted by molar-refractivity contribution is 7.12. The van der Waals surface area contributed by atoms with Gasteiger partial charge in [0.2, 0.25) is 0 Å². The van der Waals surface area contributed by atoms with Crippen LogP contribution in [0, 0.1) is 21.4 Å². The van der Waals surface area contributed by atoms with Crippen molar-refractivity contribution in [1.82, 2.24) is 4.98 Å². The normalized spacial score (nSPS) is 11.1. The smallest absolute Gasteiger partial charge is 0.416 e. The number of nitro benzene ring substituents is 1. The Morgan fingerprint density at radius 3 is 2.59 bits per heavy atom. The van der Waals surface area contributed by atoms with Crippen LogP contribution in [0.2, 0.25) is 0 Å². The monoisotopic (exact) mass is 554 g/mol. The molecular weight excluding hydrogens is 537 g/mol. The summed E-state index contributed by atoms with van der Waals surface area (Å²) in [6, 6.07) is 14.8. The lowest BCUT2D eigenvalue weighted by Gasteiger charge is -2.17. The Bertz CT molecular complexity index is 1580. The maximum absolute atomic E-state index is 13.4. The molecule has 0 unspecified atom stereocenters. The summed E-state index contributed by atoms with van der Waals surface area (Å²) in [5, 5.41) is 25.6. The van der Waals surface area contributed by atoms with Gasteiger partial charge in [-0.2, -0.15) is 18.4 Å². The third-order valence-electron chi connectivity index (χ3n) is 5.39. The Balaban J connectivity index is 1.96.